The monoisotopic (exact) mass is 327 g/mol. The molecule has 1 heterocycles. The molecule has 0 saturated carbocycles. The highest BCUT2D eigenvalue weighted by molar-refractivity contribution is 5.93. The Morgan fingerprint density at radius 3 is 2.86 bits per heavy atom. The molecule has 1 fully saturated rings. The fourth-order valence-corrected chi connectivity index (χ4v) is 3.03. The molecule has 1 aliphatic heterocycles. The van der Waals surface area contributed by atoms with Crippen LogP contribution in [0.1, 0.15) is 19.8 Å². The average molecular weight is 328 g/mol. The number of hydrogen-bond donors (Lipinski definition) is 2. The number of ether oxygens (including phenoxy) is 1. The molecule has 0 radical (unpaired) electrons. The maximum absolute atomic E-state index is 12.3. The number of methoxy groups -OCH3 is 1. The van der Waals surface area contributed by atoms with Gasteiger partial charge in [-0.05, 0) is 37.4 Å². The quantitative estimate of drug-likeness (QED) is 0.869. The van der Waals surface area contributed by atoms with Gasteiger partial charge in [0.2, 0.25) is 5.91 Å². The van der Waals surface area contributed by atoms with Gasteiger partial charge < -0.3 is 15.8 Å². The van der Waals surface area contributed by atoms with Crippen molar-refractivity contribution in [3.63, 3.8) is 0 Å². The Kier molecular flexibility index (Phi) is 7.65. The summed E-state index contributed by atoms with van der Waals surface area (Å²) in [6.45, 7) is 4.13. The molecule has 1 saturated heterocycles. The van der Waals surface area contributed by atoms with E-state index in [1.165, 1.54) is 6.42 Å². The van der Waals surface area contributed by atoms with Crippen molar-refractivity contribution in [3.05, 3.63) is 24.3 Å². The minimum absolute atomic E-state index is 0. The van der Waals surface area contributed by atoms with Crippen molar-refractivity contribution in [2.24, 2.45) is 11.7 Å². The topological polar surface area (TPSA) is 67.6 Å². The lowest BCUT2D eigenvalue weighted by Crippen LogP contribution is -2.51. The predicted molar refractivity (Wildman–Crippen MR) is 91.7 cm³/mol. The lowest BCUT2D eigenvalue weighted by Gasteiger charge is -2.38. The van der Waals surface area contributed by atoms with Crippen LogP contribution in [0.2, 0.25) is 0 Å². The third-order valence-electron chi connectivity index (χ3n) is 4.20. The number of nitrogens with two attached hydrogens (primary N) is 1. The highest BCUT2D eigenvalue weighted by atomic mass is 35.5. The second-order valence-corrected chi connectivity index (χ2v) is 5.64. The summed E-state index contributed by atoms with van der Waals surface area (Å²) in [5.41, 5.74) is 6.57. The Hall–Kier alpha value is -1.30. The first-order valence-corrected chi connectivity index (χ1v) is 7.52. The van der Waals surface area contributed by atoms with Crippen molar-refractivity contribution in [2.45, 2.75) is 25.8 Å². The minimum Gasteiger partial charge on any atom is -0.495 e. The zero-order valence-corrected chi connectivity index (χ0v) is 14.1. The van der Waals surface area contributed by atoms with Gasteiger partial charge in [-0.1, -0.05) is 19.1 Å². The van der Waals surface area contributed by atoms with Crippen LogP contribution in [0.3, 0.4) is 0 Å². The van der Waals surface area contributed by atoms with Gasteiger partial charge in [0.25, 0.3) is 0 Å². The van der Waals surface area contributed by atoms with E-state index in [4.69, 9.17) is 10.5 Å². The summed E-state index contributed by atoms with van der Waals surface area (Å²) in [6, 6.07) is 7.73. The number of benzene rings is 1. The molecule has 0 aromatic heterocycles. The van der Waals surface area contributed by atoms with E-state index < -0.39 is 0 Å². The number of carbonyl (C=O) groups excluding carboxylic acids is 1. The predicted octanol–water partition coefficient (Wildman–Crippen LogP) is 2.11. The third-order valence-corrected chi connectivity index (χ3v) is 4.20. The van der Waals surface area contributed by atoms with E-state index in [2.05, 4.69) is 17.1 Å². The van der Waals surface area contributed by atoms with Crippen molar-refractivity contribution in [2.75, 3.05) is 32.1 Å². The number of rotatable bonds is 5. The lowest BCUT2D eigenvalue weighted by atomic mass is 9.91. The van der Waals surface area contributed by atoms with Crippen LogP contribution < -0.4 is 15.8 Å². The van der Waals surface area contributed by atoms with Crippen molar-refractivity contribution in [1.29, 1.82) is 0 Å². The number of halogens is 1. The summed E-state index contributed by atoms with van der Waals surface area (Å²) in [5.74, 6) is 1.20. The highest BCUT2D eigenvalue weighted by Crippen LogP contribution is 2.24. The summed E-state index contributed by atoms with van der Waals surface area (Å²) < 4.78 is 5.25. The fourth-order valence-electron chi connectivity index (χ4n) is 3.03. The first-order chi connectivity index (χ1) is 10.2. The van der Waals surface area contributed by atoms with E-state index in [-0.39, 0.29) is 18.3 Å². The number of nitrogens with zero attached hydrogens (tertiary/aromatic N) is 1. The smallest absolute Gasteiger partial charge is 0.238 e. The van der Waals surface area contributed by atoms with Crippen molar-refractivity contribution in [3.8, 4) is 5.75 Å². The summed E-state index contributed by atoms with van der Waals surface area (Å²) in [5, 5.41) is 2.92. The molecule has 0 spiro atoms. The van der Waals surface area contributed by atoms with E-state index in [1.54, 1.807) is 7.11 Å². The third kappa shape index (κ3) is 4.60. The Morgan fingerprint density at radius 1 is 1.45 bits per heavy atom. The molecule has 1 aliphatic rings. The SMILES string of the molecule is COc1ccccc1NC(=O)CN1CCCC(C)C1CN.Cl. The van der Waals surface area contributed by atoms with Crippen LogP contribution in [-0.2, 0) is 4.79 Å². The number of anilines is 1. The van der Waals surface area contributed by atoms with Gasteiger partial charge in [-0.25, -0.2) is 0 Å². The molecule has 3 N–H and O–H groups in total. The van der Waals surface area contributed by atoms with E-state index >= 15 is 0 Å². The van der Waals surface area contributed by atoms with Gasteiger partial charge in [0.05, 0.1) is 19.3 Å². The maximum Gasteiger partial charge on any atom is 0.238 e. The van der Waals surface area contributed by atoms with Gasteiger partial charge in [-0.3, -0.25) is 9.69 Å². The maximum atomic E-state index is 12.3. The Bertz CT molecular complexity index is 484. The largest absolute Gasteiger partial charge is 0.495 e. The van der Waals surface area contributed by atoms with E-state index in [0.717, 1.165) is 13.0 Å². The number of likely N-dealkylation sites (tertiary alicyclic amines) is 1. The Balaban J connectivity index is 0.00000242. The molecule has 124 valence electrons. The zero-order valence-electron chi connectivity index (χ0n) is 13.2. The highest BCUT2D eigenvalue weighted by Gasteiger charge is 2.28. The molecule has 2 atom stereocenters. The molecule has 6 heteroatoms. The van der Waals surface area contributed by atoms with Crippen LogP contribution in [-0.4, -0.2) is 43.6 Å². The molecule has 1 amide bonds. The van der Waals surface area contributed by atoms with Crippen molar-refractivity contribution in [1.82, 2.24) is 4.90 Å². The molecule has 1 aromatic carbocycles. The normalized spacial score (nSPS) is 21.8. The first-order valence-electron chi connectivity index (χ1n) is 7.52. The van der Waals surface area contributed by atoms with Gasteiger partial charge in [-0.2, -0.15) is 0 Å². The lowest BCUT2D eigenvalue weighted by molar-refractivity contribution is -0.118. The van der Waals surface area contributed by atoms with Crippen LogP contribution in [0.5, 0.6) is 5.75 Å². The number of hydrogen-bond acceptors (Lipinski definition) is 4. The van der Waals surface area contributed by atoms with Gasteiger partial charge in [0, 0.05) is 12.6 Å². The zero-order chi connectivity index (χ0) is 15.2. The van der Waals surface area contributed by atoms with E-state index in [0.29, 0.717) is 36.5 Å². The molecular weight excluding hydrogens is 302 g/mol. The van der Waals surface area contributed by atoms with Gasteiger partial charge in [-0.15, -0.1) is 12.4 Å². The van der Waals surface area contributed by atoms with Crippen LogP contribution >= 0.6 is 12.4 Å². The Morgan fingerprint density at radius 2 is 2.18 bits per heavy atom. The molecule has 22 heavy (non-hydrogen) atoms. The minimum atomic E-state index is -0.0212. The molecule has 0 aliphatic carbocycles. The van der Waals surface area contributed by atoms with Crippen LogP contribution in [0.15, 0.2) is 24.3 Å². The van der Waals surface area contributed by atoms with Crippen LogP contribution in [0, 0.1) is 5.92 Å². The number of nitrogens with one attached hydrogen (secondary N) is 1. The van der Waals surface area contributed by atoms with Gasteiger partial charge in [0.1, 0.15) is 5.75 Å². The van der Waals surface area contributed by atoms with Crippen molar-refractivity contribution >= 4 is 24.0 Å². The average Bonchev–Trinajstić information content (AvgIpc) is 2.48. The second-order valence-electron chi connectivity index (χ2n) is 5.64. The molecule has 5 nitrogen and oxygen atoms in total. The van der Waals surface area contributed by atoms with Gasteiger partial charge >= 0.3 is 0 Å². The number of piperidine rings is 1. The number of amides is 1. The van der Waals surface area contributed by atoms with Crippen molar-refractivity contribution < 1.29 is 9.53 Å². The molecule has 1 aromatic rings. The molecular formula is C16H26ClN3O2. The number of carbonyl (C=O) groups is 1. The van der Waals surface area contributed by atoms with E-state index in [9.17, 15) is 4.79 Å². The first kappa shape index (κ1) is 18.7. The fraction of sp³-hybridized carbons (Fsp3) is 0.562. The Labute approximate surface area is 138 Å². The summed E-state index contributed by atoms with van der Waals surface area (Å²) in [6.07, 6.45) is 2.31. The van der Waals surface area contributed by atoms with Crippen LogP contribution in [0.25, 0.3) is 0 Å². The summed E-state index contributed by atoms with van der Waals surface area (Å²) in [7, 11) is 1.60. The summed E-state index contributed by atoms with van der Waals surface area (Å²) in [4.78, 5) is 14.5. The molecule has 0 bridgehead atoms. The van der Waals surface area contributed by atoms with E-state index in [1.807, 2.05) is 24.3 Å². The summed E-state index contributed by atoms with van der Waals surface area (Å²) >= 11 is 0. The molecule has 2 rings (SSSR count). The second kappa shape index (κ2) is 8.98. The standard InChI is InChI=1S/C16H25N3O2.ClH/c1-12-6-5-9-19(14(12)10-17)11-16(20)18-13-7-3-4-8-15(13)21-2;/h3-4,7-8,12,14H,5-6,9-11,17H2,1-2H3,(H,18,20);1H. The number of para-hydroxylation sites is 2. The van der Waals surface area contributed by atoms with Crippen LogP contribution in [0.4, 0.5) is 5.69 Å². The molecule has 2 unspecified atom stereocenters. The van der Waals surface area contributed by atoms with Gasteiger partial charge in [0.15, 0.2) is 0 Å².